The van der Waals surface area contributed by atoms with Gasteiger partial charge in [0.05, 0.1) is 5.88 Å². The molecule has 3 nitrogen and oxygen atoms in total. The summed E-state index contributed by atoms with van der Waals surface area (Å²) in [6, 6.07) is 0. The lowest BCUT2D eigenvalue weighted by molar-refractivity contribution is -0.0457. The van der Waals surface area contributed by atoms with E-state index in [0.29, 0.717) is 0 Å². The zero-order chi connectivity index (χ0) is 10.7. The van der Waals surface area contributed by atoms with Crippen LogP contribution in [0.15, 0.2) is 0 Å². The van der Waals surface area contributed by atoms with Gasteiger partial charge in [0.15, 0.2) is 0 Å². The predicted molar refractivity (Wildman–Crippen MR) is 52.1 cm³/mol. The van der Waals surface area contributed by atoms with E-state index in [9.17, 15) is 4.79 Å². The molecule has 13 heavy (non-hydrogen) atoms. The van der Waals surface area contributed by atoms with Gasteiger partial charge in [0.25, 0.3) is 0 Å². The van der Waals surface area contributed by atoms with Gasteiger partial charge >= 0.3 is 6.16 Å². The second-order valence-electron chi connectivity index (χ2n) is 4.46. The fourth-order valence-electron chi connectivity index (χ4n) is 0.524. The Bertz CT molecular complexity index is 182. The van der Waals surface area contributed by atoms with Crippen molar-refractivity contribution in [1.82, 2.24) is 0 Å². The summed E-state index contributed by atoms with van der Waals surface area (Å²) in [5.41, 5.74) is -1.20. The van der Waals surface area contributed by atoms with Crippen LogP contribution >= 0.6 is 11.6 Å². The van der Waals surface area contributed by atoms with Gasteiger partial charge in [0.1, 0.15) is 11.2 Å². The first-order valence-corrected chi connectivity index (χ1v) is 4.68. The molecule has 0 saturated carbocycles. The molecule has 0 aliphatic carbocycles. The lowest BCUT2D eigenvalue weighted by Gasteiger charge is -2.25. The molecule has 0 aliphatic heterocycles. The second kappa shape index (κ2) is 4.18. The molecule has 0 saturated heterocycles. The summed E-state index contributed by atoms with van der Waals surface area (Å²) in [7, 11) is 0. The first-order chi connectivity index (χ1) is 5.66. The zero-order valence-corrected chi connectivity index (χ0v) is 9.57. The van der Waals surface area contributed by atoms with Crippen LogP contribution in [0.1, 0.15) is 34.6 Å². The summed E-state index contributed by atoms with van der Waals surface area (Å²) >= 11 is 5.58. The minimum atomic E-state index is -0.682. The van der Waals surface area contributed by atoms with Crippen molar-refractivity contribution in [2.45, 2.75) is 45.8 Å². The van der Waals surface area contributed by atoms with Crippen LogP contribution < -0.4 is 0 Å². The van der Waals surface area contributed by atoms with Crippen LogP contribution in [0.25, 0.3) is 0 Å². The van der Waals surface area contributed by atoms with Crippen LogP contribution in [0.3, 0.4) is 0 Å². The summed E-state index contributed by atoms with van der Waals surface area (Å²) in [6.07, 6.45) is -0.682. The highest BCUT2D eigenvalue weighted by molar-refractivity contribution is 6.18. The monoisotopic (exact) mass is 208 g/mol. The summed E-state index contributed by atoms with van der Waals surface area (Å²) in [5, 5.41) is 0. The molecule has 0 aliphatic rings. The Labute approximate surface area is 84.4 Å². The molecule has 78 valence electrons. The van der Waals surface area contributed by atoms with Crippen LogP contribution in [0.5, 0.6) is 0 Å². The summed E-state index contributed by atoms with van der Waals surface area (Å²) in [5.74, 6) is 0.242. The fraction of sp³-hybridized carbons (Fsp3) is 0.889. The largest absolute Gasteiger partial charge is 0.509 e. The Hall–Kier alpha value is -0.440. The molecule has 0 unspecified atom stereocenters. The van der Waals surface area contributed by atoms with Crippen molar-refractivity contribution >= 4 is 17.8 Å². The van der Waals surface area contributed by atoms with Gasteiger partial charge in [-0.2, -0.15) is 0 Å². The van der Waals surface area contributed by atoms with E-state index in [4.69, 9.17) is 21.1 Å². The Kier molecular flexibility index (Phi) is 4.04. The number of hydrogen-bond acceptors (Lipinski definition) is 3. The maximum atomic E-state index is 11.1. The molecule has 0 aromatic heterocycles. The molecule has 0 bridgehead atoms. The highest BCUT2D eigenvalue weighted by Crippen LogP contribution is 2.15. The smallest absolute Gasteiger partial charge is 0.429 e. The van der Waals surface area contributed by atoms with E-state index in [1.165, 1.54) is 0 Å². The quantitative estimate of drug-likeness (QED) is 0.517. The maximum Gasteiger partial charge on any atom is 0.509 e. The number of carbonyl (C=O) groups is 1. The van der Waals surface area contributed by atoms with Gasteiger partial charge in [-0.05, 0) is 34.6 Å². The predicted octanol–water partition coefficient (Wildman–Crippen LogP) is 2.96. The van der Waals surface area contributed by atoms with Crippen LogP contribution in [-0.2, 0) is 9.47 Å². The first kappa shape index (κ1) is 12.6. The van der Waals surface area contributed by atoms with Crippen LogP contribution in [-0.4, -0.2) is 23.2 Å². The Morgan fingerprint density at radius 3 is 1.92 bits per heavy atom. The number of rotatable bonds is 2. The van der Waals surface area contributed by atoms with Gasteiger partial charge in [0.2, 0.25) is 0 Å². The van der Waals surface area contributed by atoms with Crippen molar-refractivity contribution in [1.29, 1.82) is 0 Å². The Morgan fingerprint density at radius 1 is 1.15 bits per heavy atom. The molecular weight excluding hydrogens is 192 g/mol. The molecular formula is C9H17ClO3. The third kappa shape index (κ3) is 6.70. The number of carbonyl (C=O) groups excluding carboxylic acids is 1. The van der Waals surface area contributed by atoms with E-state index in [2.05, 4.69) is 0 Å². The molecule has 0 amide bonds. The molecule has 0 atom stereocenters. The number of alkyl halides is 1. The Balaban J connectivity index is 4.03. The molecule has 0 rings (SSSR count). The molecule has 0 radical (unpaired) electrons. The van der Waals surface area contributed by atoms with E-state index in [1.807, 2.05) is 0 Å². The first-order valence-electron chi connectivity index (χ1n) is 4.14. The van der Waals surface area contributed by atoms with E-state index in [0.717, 1.165) is 0 Å². The second-order valence-corrected chi connectivity index (χ2v) is 4.73. The van der Waals surface area contributed by atoms with Crippen LogP contribution in [0, 0.1) is 0 Å². The lowest BCUT2D eigenvalue weighted by Crippen LogP contribution is -2.33. The van der Waals surface area contributed by atoms with Gasteiger partial charge in [-0.25, -0.2) is 4.79 Å². The minimum Gasteiger partial charge on any atom is -0.429 e. The molecule has 0 fully saturated rings. The topological polar surface area (TPSA) is 35.5 Å². The maximum absolute atomic E-state index is 11.1. The molecule has 0 N–H and O–H groups in total. The van der Waals surface area contributed by atoms with Crippen molar-refractivity contribution in [3.63, 3.8) is 0 Å². The highest BCUT2D eigenvalue weighted by Gasteiger charge is 2.25. The van der Waals surface area contributed by atoms with E-state index in [1.54, 1.807) is 34.6 Å². The van der Waals surface area contributed by atoms with E-state index < -0.39 is 17.4 Å². The van der Waals surface area contributed by atoms with Crippen molar-refractivity contribution < 1.29 is 14.3 Å². The molecule has 0 aromatic rings. The average molecular weight is 209 g/mol. The SMILES string of the molecule is CC(C)(C)OC(=O)OC(C)(C)CCl. The summed E-state index contributed by atoms with van der Waals surface area (Å²) in [4.78, 5) is 11.1. The van der Waals surface area contributed by atoms with Gasteiger partial charge in [-0.3, -0.25) is 0 Å². The molecule has 0 heterocycles. The lowest BCUT2D eigenvalue weighted by atomic mass is 10.2. The zero-order valence-electron chi connectivity index (χ0n) is 8.81. The highest BCUT2D eigenvalue weighted by atomic mass is 35.5. The molecule has 0 aromatic carbocycles. The Morgan fingerprint density at radius 2 is 1.62 bits per heavy atom. The standard InChI is InChI=1S/C9H17ClO3/c1-8(2,3)12-7(11)13-9(4,5)6-10/h6H2,1-5H3. The number of ether oxygens (including phenoxy) is 2. The van der Waals surface area contributed by atoms with Crippen molar-refractivity contribution in [2.75, 3.05) is 5.88 Å². The van der Waals surface area contributed by atoms with Crippen LogP contribution in [0.4, 0.5) is 4.79 Å². The number of halogens is 1. The third-order valence-corrected chi connectivity index (χ3v) is 1.71. The molecule has 4 heteroatoms. The normalized spacial score (nSPS) is 12.5. The van der Waals surface area contributed by atoms with Crippen molar-refractivity contribution in [3.05, 3.63) is 0 Å². The summed E-state index contributed by atoms with van der Waals surface area (Å²) in [6.45, 7) is 8.79. The van der Waals surface area contributed by atoms with E-state index >= 15 is 0 Å². The summed E-state index contributed by atoms with van der Waals surface area (Å²) < 4.78 is 9.93. The van der Waals surface area contributed by atoms with Gasteiger partial charge in [-0.15, -0.1) is 11.6 Å². The van der Waals surface area contributed by atoms with E-state index in [-0.39, 0.29) is 5.88 Å². The van der Waals surface area contributed by atoms with Crippen molar-refractivity contribution in [3.8, 4) is 0 Å². The third-order valence-electron chi connectivity index (χ3n) is 1.07. The van der Waals surface area contributed by atoms with Gasteiger partial charge in [-0.1, -0.05) is 0 Å². The fourth-order valence-corrected chi connectivity index (χ4v) is 0.578. The average Bonchev–Trinajstić information content (AvgIpc) is 1.81. The molecule has 0 spiro atoms. The van der Waals surface area contributed by atoms with Crippen LogP contribution in [0.2, 0.25) is 0 Å². The minimum absolute atomic E-state index is 0.242. The van der Waals surface area contributed by atoms with Gasteiger partial charge < -0.3 is 9.47 Å². The van der Waals surface area contributed by atoms with Gasteiger partial charge in [0, 0.05) is 0 Å². The van der Waals surface area contributed by atoms with Crippen molar-refractivity contribution in [2.24, 2.45) is 0 Å². The number of hydrogen-bond donors (Lipinski definition) is 0.